The SMILES string of the molecule is CCCCCCCCCCCC[P+](CCCCCCCCCCCC)(CCCCCCCCCCCC)CCC[Si](OC)(OC)OC.[Br-]. The zero-order valence-corrected chi connectivity index (χ0v) is 37.5. The molecule has 0 amide bonds. The first kappa shape index (κ1) is 51.1. The molecule has 0 rings (SSSR count). The van der Waals surface area contributed by atoms with Crippen LogP contribution < -0.4 is 17.0 Å². The fourth-order valence-electron chi connectivity index (χ4n) is 7.66. The van der Waals surface area contributed by atoms with E-state index in [1.807, 2.05) is 0 Å². The van der Waals surface area contributed by atoms with Crippen molar-refractivity contribution in [2.45, 2.75) is 226 Å². The van der Waals surface area contributed by atoms with E-state index in [0.29, 0.717) is 0 Å². The summed E-state index contributed by atoms with van der Waals surface area (Å²) in [6, 6.07) is 0.979. The van der Waals surface area contributed by atoms with Crippen LogP contribution in [-0.4, -0.2) is 54.8 Å². The summed E-state index contributed by atoms with van der Waals surface area (Å²) in [5.74, 6) is 0. The fraction of sp³-hybridized carbons (Fsp3) is 1.00. The van der Waals surface area contributed by atoms with Crippen molar-refractivity contribution in [3.8, 4) is 0 Å². The first-order chi connectivity index (χ1) is 23.1. The minimum Gasteiger partial charge on any atom is -1.00 e. The molecule has 0 atom stereocenters. The van der Waals surface area contributed by atoms with Crippen molar-refractivity contribution in [2.24, 2.45) is 0 Å². The van der Waals surface area contributed by atoms with Gasteiger partial charge < -0.3 is 30.3 Å². The Morgan fingerprint density at radius 3 is 0.750 bits per heavy atom. The van der Waals surface area contributed by atoms with E-state index in [0.717, 1.165) is 6.04 Å². The Morgan fingerprint density at radius 2 is 0.521 bits per heavy atom. The first-order valence-corrected chi connectivity index (χ1v) is 26.0. The minimum absolute atomic E-state index is 0. The molecule has 0 heterocycles. The number of hydrogen-bond acceptors (Lipinski definition) is 3. The van der Waals surface area contributed by atoms with Gasteiger partial charge in [0.2, 0.25) is 0 Å². The highest BCUT2D eigenvalue weighted by molar-refractivity contribution is 7.75. The number of hydrogen-bond donors (Lipinski definition) is 0. The molecule has 0 saturated carbocycles. The van der Waals surface area contributed by atoms with Crippen molar-refractivity contribution in [1.29, 1.82) is 0 Å². The standard InChI is InChI=1S/C42H90O3PSi.BrH/c1-7-10-13-16-19-22-25-28-31-34-38-46(41-37-42-47(43-4,44-5)45-6,39-35-32-29-26-23-20-17-14-11-8-2)40-36-33-30-27-24-21-18-15-12-9-3;/h7-42H2,1-6H3;1H/q+1;/p-1. The highest BCUT2D eigenvalue weighted by Gasteiger charge is 2.41. The first-order valence-electron chi connectivity index (χ1n) is 21.6. The van der Waals surface area contributed by atoms with E-state index in [4.69, 9.17) is 13.3 Å². The summed E-state index contributed by atoms with van der Waals surface area (Å²) in [5, 5.41) is 0. The molecule has 0 spiro atoms. The molecule has 0 aromatic heterocycles. The van der Waals surface area contributed by atoms with Gasteiger partial charge in [0, 0.05) is 34.6 Å². The van der Waals surface area contributed by atoms with Gasteiger partial charge in [0.15, 0.2) is 0 Å². The highest BCUT2D eigenvalue weighted by Crippen LogP contribution is 2.61. The Balaban J connectivity index is 0. The van der Waals surface area contributed by atoms with Gasteiger partial charge in [-0.2, -0.15) is 0 Å². The van der Waals surface area contributed by atoms with Crippen molar-refractivity contribution in [2.75, 3.05) is 46.0 Å². The van der Waals surface area contributed by atoms with Crippen LogP contribution in [0.15, 0.2) is 0 Å². The zero-order chi connectivity index (χ0) is 34.6. The summed E-state index contributed by atoms with van der Waals surface area (Å²) >= 11 is 0. The van der Waals surface area contributed by atoms with Crippen LogP contribution in [0.2, 0.25) is 6.04 Å². The van der Waals surface area contributed by atoms with Gasteiger partial charge in [-0.3, -0.25) is 0 Å². The van der Waals surface area contributed by atoms with E-state index < -0.39 is 16.1 Å². The Morgan fingerprint density at radius 1 is 0.312 bits per heavy atom. The normalized spacial score (nSPS) is 12.1. The molecule has 6 heteroatoms. The van der Waals surface area contributed by atoms with Gasteiger partial charge in [-0.1, -0.05) is 175 Å². The van der Waals surface area contributed by atoms with E-state index in [-0.39, 0.29) is 17.0 Å². The van der Waals surface area contributed by atoms with Gasteiger partial charge in [-0.05, 0) is 44.9 Å². The highest BCUT2D eigenvalue weighted by atomic mass is 79.9. The second-order valence-corrected chi connectivity index (χ2v) is 22.7. The average molecular weight is 782 g/mol. The number of halogens is 1. The Labute approximate surface area is 316 Å². The lowest BCUT2D eigenvalue weighted by molar-refractivity contribution is -0.0000150. The summed E-state index contributed by atoms with van der Waals surface area (Å²) in [7, 11) is 1.90. The lowest BCUT2D eigenvalue weighted by Crippen LogP contribution is -3.00. The van der Waals surface area contributed by atoms with Gasteiger partial charge in [0.05, 0.1) is 24.6 Å². The quantitative estimate of drug-likeness (QED) is 0.0352. The molecule has 0 aromatic rings. The lowest BCUT2D eigenvalue weighted by atomic mass is 10.1. The summed E-state index contributed by atoms with van der Waals surface area (Å²) in [5.41, 5.74) is 0. The molecule has 0 bridgehead atoms. The van der Waals surface area contributed by atoms with Crippen LogP contribution in [0.1, 0.15) is 220 Å². The Bertz CT molecular complexity index is 539. The molecule has 292 valence electrons. The third-order valence-corrected chi connectivity index (χ3v) is 18.9. The predicted molar refractivity (Wildman–Crippen MR) is 218 cm³/mol. The number of unbranched alkanes of at least 4 members (excludes halogenated alkanes) is 27. The van der Waals surface area contributed by atoms with Crippen molar-refractivity contribution in [3.05, 3.63) is 0 Å². The second kappa shape index (κ2) is 39.2. The molecule has 0 aliphatic rings. The lowest BCUT2D eigenvalue weighted by Gasteiger charge is -2.30. The van der Waals surface area contributed by atoms with Gasteiger partial charge in [0.25, 0.3) is 0 Å². The largest absolute Gasteiger partial charge is 1.00 e. The van der Waals surface area contributed by atoms with Gasteiger partial charge in [-0.25, -0.2) is 0 Å². The molecule has 0 aliphatic heterocycles. The average Bonchev–Trinajstić information content (AvgIpc) is 3.09. The third-order valence-electron chi connectivity index (χ3n) is 11.0. The number of rotatable bonds is 40. The molecule has 3 nitrogen and oxygen atoms in total. The molecular formula is C42H90BrO3PSi. The van der Waals surface area contributed by atoms with Crippen LogP contribution >= 0.6 is 7.26 Å². The summed E-state index contributed by atoms with van der Waals surface area (Å²) < 4.78 is 17.6. The van der Waals surface area contributed by atoms with Crippen molar-refractivity contribution in [1.82, 2.24) is 0 Å². The van der Waals surface area contributed by atoms with Crippen LogP contribution in [0, 0.1) is 0 Å². The fourth-order valence-corrected chi connectivity index (χ4v) is 14.5. The smallest absolute Gasteiger partial charge is 0.500 e. The molecule has 48 heavy (non-hydrogen) atoms. The van der Waals surface area contributed by atoms with E-state index in [1.54, 1.807) is 39.8 Å². The topological polar surface area (TPSA) is 27.7 Å². The third kappa shape index (κ3) is 30.6. The molecule has 0 unspecified atom stereocenters. The van der Waals surface area contributed by atoms with Crippen molar-refractivity contribution < 1.29 is 30.3 Å². The van der Waals surface area contributed by atoms with Crippen LogP contribution in [0.5, 0.6) is 0 Å². The van der Waals surface area contributed by atoms with Gasteiger partial charge in [-0.15, -0.1) is 0 Å². The van der Waals surface area contributed by atoms with E-state index in [9.17, 15) is 0 Å². The molecule has 0 N–H and O–H groups in total. The van der Waals surface area contributed by atoms with Crippen molar-refractivity contribution >= 4 is 16.1 Å². The zero-order valence-electron chi connectivity index (χ0n) is 34.0. The molecule has 0 aromatic carbocycles. The Kier molecular flexibility index (Phi) is 41.8. The molecule has 0 fully saturated rings. The maximum absolute atomic E-state index is 5.86. The second-order valence-electron chi connectivity index (χ2n) is 15.2. The monoisotopic (exact) mass is 781 g/mol. The van der Waals surface area contributed by atoms with Crippen molar-refractivity contribution in [3.63, 3.8) is 0 Å². The van der Waals surface area contributed by atoms with Crippen LogP contribution in [0.25, 0.3) is 0 Å². The van der Waals surface area contributed by atoms with Crippen LogP contribution in [0.3, 0.4) is 0 Å². The Hall–Kier alpha value is 1.01. The van der Waals surface area contributed by atoms with E-state index >= 15 is 0 Å². The van der Waals surface area contributed by atoms with Crippen LogP contribution in [-0.2, 0) is 13.3 Å². The minimum atomic E-state index is -2.50. The summed E-state index contributed by atoms with van der Waals surface area (Å²) in [6.45, 7) is 6.96. The predicted octanol–water partition coefficient (Wildman–Crippen LogP) is 12.0. The van der Waals surface area contributed by atoms with Crippen LogP contribution in [0.4, 0.5) is 0 Å². The summed E-state index contributed by atoms with van der Waals surface area (Å²) in [4.78, 5) is 0. The maximum atomic E-state index is 5.86. The van der Waals surface area contributed by atoms with Gasteiger partial charge >= 0.3 is 8.80 Å². The molecule has 0 saturated heterocycles. The van der Waals surface area contributed by atoms with E-state index in [2.05, 4.69) is 20.8 Å². The molecule has 0 aliphatic carbocycles. The van der Waals surface area contributed by atoms with E-state index in [1.165, 1.54) is 205 Å². The molecule has 0 radical (unpaired) electrons. The summed E-state index contributed by atoms with van der Waals surface area (Å²) in [6.07, 6.45) is 50.6. The molecular weight excluding hydrogens is 691 g/mol. The maximum Gasteiger partial charge on any atom is 0.500 e. The van der Waals surface area contributed by atoms with Gasteiger partial charge in [0.1, 0.15) is 0 Å².